The molecule has 4 N–H and O–H groups in total. The van der Waals surface area contributed by atoms with Gasteiger partial charge in [0.15, 0.2) is 0 Å². The van der Waals surface area contributed by atoms with E-state index in [0.717, 1.165) is 38.5 Å². The van der Waals surface area contributed by atoms with Gasteiger partial charge >= 0.3 is 0 Å². The van der Waals surface area contributed by atoms with Gasteiger partial charge < -0.3 is 20.6 Å². The van der Waals surface area contributed by atoms with Crippen molar-refractivity contribution in [3.8, 4) is 0 Å². The molecule has 0 rings (SSSR count). The number of nitrogens with one attached hydrogen (secondary N) is 1. The summed E-state index contributed by atoms with van der Waals surface area (Å²) in [6.07, 6.45) is 60.9. The first-order valence-corrected chi connectivity index (χ1v) is 27.0. The first-order valence-electron chi connectivity index (χ1n) is 27.0. The number of hydrogen-bond acceptors (Lipinski definition) is 4. The third-order valence-corrected chi connectivity index (χ3v) is 12.9. The molecule has 3 unspecified atom stereocenters. The van der Waals surface area contributed by atoms with Crippen molar-refractivity contribution in [1.29, 1.82) is 0 Å². The number of allylic oxidation sites excluding steroid dienone is 2. The Balaban J connectivity index is 3.45. The number of unbranched alkanes of at least 4 members (excludes halogenated alkanes) is 40. The first kappa shape index (κ1) is 58.1. The summed E-state index contributed by atoms with van der Waals surface area (Å²) in [5.74, 6) is -0.140. The second-order valence-corrected chi connectivity index (χ2v) is 18.8. The molecule has 5 heteroatoms. The lowest BCUT2D eigenvalue weighted by atomic mass is 9.99. The molecule has 352 valence electrons. The summed E-state index contributed by atoms with van der Waals surface area (Å²) in [5, 5.41) is 33.6. The highest BCUT2D eigenvalue weighted by Gasteiger charge is 2.26. The average Bonchev–Trinajstić information content (AvgIpc) is 3.24. The molecule has 0 aliphatic rings. The molecule has 0 heterocycles. The number of rotatable bonds is 50. The van der Waals surface area contributed by atoms with Gasteiger partial charge in [-0.1, -0.05) is 270 Å². The van der Waals surface area contributed by atoms with Crippen molar-refractivity contribution in [2.75, 3.05) is 6.61 Å². The quantitative estimate of drug-likeness (QED) is 0.0363. The molecule has 1 amide bonds. The lowest BCUT2D eigenvalue weighted by Crippen LogP contribution is -2.50. The average molecular weight is 834 g/mol. The summed E-state index contributed by atoms with van der Waals surface area (Å²) >= 11 is 0. The maximum atomic E-state index is 12.5. The fraction of sp³-hybridized carbons (Fsp3) is 0.944. The van der Waals surface area contributed by atoms with E-state index in [1.54, 1.807) is 0 Å². The van der Waals surface area contributed by atoms with Gasteiger partial charge in [-0.3, -0.25) is 4.79 Å². The van der Waals surface area contributed by atoms with Crippen LogP contribution in [-0.4, -0.2) is 46.1 Å². The maximum Gasteiger partial charge on any atom is 0.220 e. The predicted molar refractivity (Wildman–Crippen MR) is 259 cm³/mol. The lowest BCUT2D eigenvalue weighted by Gasteiger charge is -2.26. The van der Waals surface area contributed by atoms with Gasteiger partial charge in [-0.15, -0.1) is 0 Å². The van der Waals surface area contributed by atoms with Crippen LogP contribution in [0.1, 0.15) is 303 Å². The van der Waals surface area contributed by atoms with E-state index in [9.17, 15) is 20.1 Å². The molecule has 0 aromatic carbocycles. The molecule has 0 aromatic rings. The molecule has 0 spiro atoms. The third kappa shape index (κ3) is 44.9. The van der Waals surface area contributed by atoms with Crippen LogP contribution in [-0.2, 0) is 4.79 Å². The molecule has 0 aliphatic carbocycles. The molecule has 0 aromatic heterocycles. The largest absolute Gasteiger partial charge is 0.394 e. The van der Waals surface area contributed by atoms with Crippen LogP contribution in [0.5, 0.6) is 0 Å². The van der Waals surface area contributed by atoms with E-state index in [1.807, 2.05) is 0 Å². The van der Waals surface area contributed by atoms with E-state index in [2.05, 4.69) is 31.3 Å². The Morgan fingerprint density at radius 1 is 0.407 bits per heavy atom. The second-order valence-electron chi connectivity index (χ2n) is 18.8. The van der Waals surface area contributed by atoms with Crippen molar-refractivity contribution in [2.24, 2.45) is 0 Å². The van der Waals surface area contributed by atoms with Crippen LogP contribution in [0.15, 0.2) is 12.2 Å². The van der Waals surface area contributed by atoms with E-state index >= 15 is 0 Å². The van der Waals surface area contributed by atoms with Gasteiger partial charge in [0.2, 0.25) is 5.91 Å². The summed E-state index contributed by atoms with van der Waals surface area (Å²) in [4.78, 5) is 12.5. The van der Waals surface area contributed by atoms with Gasteiger partial charge in [-0.25, -0.2) is 0 Å². The zero-order chi connectivity index (χ0) is 43.0. The Labute approximate surface area is 369 Å². The smallest absolute Gasteiger partial charge is 0.220 e. The molecule has 0 fully saturated rings. The molecule has 0 saturated heterocycles. The minimum absolute atomic E-state index is 0.140. The summed E-state index contributed by atoms with van der Waals surface area (Å²) in [5.41, 5.74) is 0. The molecule has 59 heavy (non-hydrogen) atoms. The van der Waals surface area contributed by atoms with Crippen molar-refractivity contribution >= 4 is 5.91 Å². The van der Waals surface area contributed by atoms with Crippen LogP contribution in [0.25, 0.3) is 0 Å². The van der Waals surface area contributed by atoms with E-state index in [0.29, 0.717) is 12.8 Å². The van der Waals surface area contributed by atoms with Gasteiger partial charge in [-0.05, 0) is 38.5 Å². The fourth-order valence-electron chi connectivity index (χ4n) is 8.69. The fourth-order valence-corrected chi connectivity index (χ4v) is 8.69. The number of carbonyl (C=O) groups excluding carboxylic acids is 1. The summed E-state index contributed by atoms with van der Waals surface area (Å²) < 4.78 is 0. The SMILES string of the molecule is CCCCCCCCCCCCCC/C=C\CCCCCCCCCCCCCCCCCCCC(=O)NC(CO)C(O)C(O)CCCCCCCCCCCCCC. The lowest BCUT2D eigenvalue weighted by molar-refractivity contribution is -0.124. The number of carbonyl (C=O) groups is 1. The van der Waals surface area contributed by atoms with Crippen molar-refractivity contribution in [3.63, 3.8) is 0 Å². The van der Waals surface area contributed by atoms with Crippen LogP contribution in [0.4, 0.5) is 0 Å². The van der Waals surface area contributed by atoms with E-state index in [4.69, 9.17) is 0 Å². The highest BCUT2D eigenvalue weighted by molar-refractivity contribution is 5.76. The molecule has 0 aliphatic heterocycles. The van der Waals surface area contributed by atoms with E-state index < -0.39 is 18.2 Å². The summed E-state index contributed by atoms with van der Waals surface area (Å²) in [6, 6.07) is -0.805. The van der Waals surface area contributed by atoms with Crippen LogP contribution >= 0.6 is 0 Å². The topological polar surface area (TPSA) is 89.8 Å². The summed E-state index contributed by atoms with van der Waals surface area (Å²) in [7, 11) is 0. The molecule has 0 radical (unpaired) electrons. The Hall–Kier alpha value is -0.910. The zero-order valence-corrected chi connectivity index (χ0v) is 40.2. The highest BCUT2D eigenvalue weighted by Crippen LogP contribution is 2.18. The minimum Gasteiger partial charge on any atom is -0.394 e. The molecular formula is C54H107NO4. The number of aliphatic hydroxyl groups is 3. The second kappa shape index (κ2) is 49.7. The van der Waals surface area contributed by atoms with Gasteiger partial charge in [0.05, 0.1) is 18.8 Å². The van der Waals surface area contributed by atoms with Crippen molar-refractivity contribution < 1.29 is 20.1 Å². The number of aliphatic hydroxyl groups excluding tert-OH is 3. The van der Waals surface area contributed by atoms with Crippen LogP contribution in [0.3, 0.4) is 0 Å². The Bertz CT molecular complexity index is 833. The van der Waals surface area contributed by atoms with E-state index in [-0.39, 0.29) is 12.5 Å². The first-order chi connectivity index (χ1) is 29.1. The standard InChI is InChI=1S/C54H107NO4/c1-3-5-7-9-11-13-15-17-18-19-20-21-22-23-24-25-26-27-28-29-30-31-32-33-34-35-36-37-39-41-43-45-47-49-53(58)55-51(50-56)54(59)52(57)48-46-44-42-40-38-16-14-12-10-8-6-4-2/h23-24,51-52,54,56-57,59H,3-22,25-50H2,1-2H3,(H,55,58)/b24-23-. The van der Waals surface area contributed by atoms with Crippen LogP contribution < -0.4 is 5.32 Å². The van der Waals surface area contributed by atoms with Crippen molar-refractivity contribution in [3.05, 3.63) is 12.2 Å². The maximum absolute atomic E-state index is 12.5. The molecule has 0 saturated carbocycles. The Morgan fingerprint density at radius 2 is 0.678 bits per heavy atom. The molecular weight excluding hydrogens is 727 g/mol. The van der Waals surface area contributed by atoms with Gasteiger partial charge in [0, 0.05) is 6.42 Å². The highest BCUT2D eigenvalue weighted by atomic mass is 16.3. The minimum atomic E-state index is -1.13. The van der Waals surface area contributed by atoms with E-state index in [1.165, 1.54) is 238 Å². The molecule has 0 bridgehead atoms. The van der Waals surface area contributed by atoms with Crippen molar-refractivity contribution in [1.82, 2.24) is 5.32 Å². The monoisotopic (exact) mass is 834 g/mol. The molecule has 3 atom stereocenters. The Kier molecular flexibility index (Phi) is 49.0. The number of hydrogen-bond donors (Lipinski definition) is 4. The van der Waals surface area contributed by atoms with Gasteiger partial charge in [-0.2, -0.15) is 0 Å². The van der Waals surface area contributed by atoms with Crippen molar-refractivity contribution in [2.45, 2.75) is 321 Å². The third-order valence-electron chi connectivity index (χ3n) is 12.9. The predicted octanol–water partition coefficient (Wildman–Crippen LogP) is 16.3. The van der Waals surface area contributed by atoms with Crippen LogP contribution in [0, 0.1) is 0 Å². The Morgan fingerprint density at radius 3 is 0.983 bits per heavy atom. The number of amides is 1. The van der Waals surface area contributed by atoms with Gasteiger partial charge in [0.25, 0.3) is 0 Å². The van der Waals surface area contributed by atoms with Gasteiger partial charge in [0.1, 0.15) is 6.10 Å². The molecule has 5 nitrogen and oxygen atoms in total. The summed E-state index contributed by atoms with van der Waals surface area (Å²) in [6.45, 7) is 4.20. The zero-order valence-electron chi connectivity index (χ0n) is 40.2. The van der Waals surface area contributed by atoms with Crippen LogP contribution in [0.2, 0.25) is 0 Å². The normalized spacial score (nSPS) is 13.4.